The molecule has 5 rings (SSSR count). The van der Waals surface area contributed by atoms with E-state index < -0.39 is 90.5 Å². The number of alkyl carbamates (subject to hydrolysis) is 1. The Morgan fingerprint density at radius 1 is 0.776 bits per heavy atom. The molecule has 17 nitrogen and oxygen atoms in total. The zero-order valence-corrected chi connectivity index (χ0v) is 32.9. The first-order chi connectivity index (χ1) is 27.7. The van der Waals surface area contributed by atoms with Gasteiger partial charge < -0.3 is 39.8 Å². The van der Waals surface area contributed by atoms with Gasteiger partial charge in [-0.15, -0.1) is 0 Å². The maximum absolute atomic E-state index is 13.9. The van der Waals surface area contributed by atoms with Gasteiger partial charge in [-0.1, -0.05) is 67.6 Å². The van der Waals surface area contributed by atoms with Gasteiger partial charge in [0.05, 0.1) is 0 Å². The second kappa shape index (κ2) is 19.9. The van der Waals surface area contributed by atoms with Crippen LogP contribution in [0.5, 0.6) is 0 Å². The topological polar surface area (TPSA) is 218 Å². The van der Waals surface area contributed by atoms with Crippen LogP contribution in [0, 0.1) is 5.92 Å². The van der Waals surface area contributed by atoms with Crippen molar-refractivity contribution in [3.8, 4) is 0 Å². The second-order valence-electron chi connectivity index (χ2n) is 15.0. The smallest absolute Gasteiger partial charge is 0.408 e. The number of ketones is 1. The van der Waals surface area contributed by atoms with Gasteiger partial charge in [0.1, 0.15) is 36.9 Å². The highest BCUT2D eigenvalue weighted by atomic mass is 16.6. The number of carbonyl (C=O) groups excluding carboxylic acids is 7. The molecule has 0 aromatic heterocycles. The summed E-state index contributed by atoms with van der Waals surface area (Å²) in [6, 6.07) is 11.3. The van der Waals surface area contributed by atoms with Crippen molar-refractivity contribution < 1.29 is 57.7 Å². The average Bonchev–Trinajstić information content (AvgIpc) is 3.89. The zero-order chi connectivity index (χ0) is 41.9. The number of rotatable bonds is 14. The third-order valence-electron chi connectivity index (χ3n) is 10.6. The van der Waals surface area contributed by atoms with Gasteiger partial charge in [-0.3, -0.25) is 24.1 Å². The molecule has 0 spiro atoms. The van der Waals surface area contributed by atoms with Gasteiger partial charge in [0.25, 0.3) is 0 Å². The van der Waals surface area contributed by atoms with E-state index in [1.54, 1.807) is 60.7 Å². The van der Waals surface area contributed by atoms with Crippen molar-refractivity contribution in [2.45, 2.75) is 102 Å². The largest absolute Gasteiger partial charge is 0.465 e. The van der Waals surface area contributed by atoms with E-state index in [1.165, 1.54) is 23.6 Å². The van der Waals surface area contributed by atoms with Gasteiger partial charge in [0.2, 0.25) is 17.7 Å². The Labute approximate surface area is 336 Å². The van der Waals surface area contributed by atoms with Crippen molar-refractivity contribution in [3.05, 3.63) is 71.8 Å². The van der Waals surface area contributed by atoms with E-state index in [2.05, 4.69) is 10.6 Å². The van der Waals surface area contributed by atoms with Crippen LogP contribution in [0.25, 0.3) is 0 Å². The number of hydrogen-bond donors (Lipinski definition) is 3. The molecule has 0 bridgehead atoms. The Hall–Kier alpha value is -6.00. The Kier molecular flexibility index (Phi) is 14.8. The van der Waals surface area contributed by atoms with Gasteiger partial charge in [-0.05, 0) is 63.9 Å². The van der Waals surface area contributed by atoms with Gasteiger partial charge >= 0.3 is 24.1 Å². The second-order valence-corrected chi connectivity index (χ2v) is 15.0. The van der Waals surface area contributed by atoms with Crippen LogP contribution in [0.4, 0.5) is 9.59 Å². The van der Waals surface area contributed by atoms with Crippen molar-refractivity contribution in [3.63, 3.8) is 0 Å². The summed E-state index contributed by atoms with van der Waals surface area (Å²) in [6.45, 7) is 4.55. The highest BCUT2D eigenvalue weighted by molar-refractivity contribution is 5.98. The number of nitrogens with one attached hydrogen (secondary N) is 2. The van der Waals surface area contributed by atoms with Crippen LogP contribution < -0.4 is 10.6 Å². The first-order valence-corrected chi connectivity index (χ1v) is 19.6. The van der Waals surface area contributed by atoms with E-state index in [-0.39, 0.29) is 38.6 Å². The van der Waals surface area contributed by atoms with Crippen molar-refractivity contribution in [1.82, 2.24) is 25.3 Å². The van der Waals surface area contributed by atoms with E-state index in [4.69, 9.17) is 14.2 Å². The van der Waals surface area contributed by atoms with E-state index >= 15 is 0 Å². The number of nitrogens with zero attached hydrogens (tertiary/aromatic N) is 3. The first kappa shape index (κ1) is 43.1. The number of carboxylic acid groups (broad SMARTS) is 1. The molecule has 5 amide bonds. The lowest BCUT2D eigenvalue weighted by Crippen LogP contribution is -2.59. The Balaban J connectivity index is 1.23. The van der Waals surface area contributed by atoms with Gasteiger partial charge in [0.15, 0.2) is 18.4 Å². The van der Waals surface area contributed by atoms with Crippen LogP contribution in [-0.2, 0) is 44.8 Å². The fourth-order valence-corrected chi connectivity index (χ4v) is 7.57. The third-order valence-corrected chi connectivity index (χ3v) is 10.6. The minimum atomic E-state index is -1.61. The molecule has 0 saturated carbocycles. The van der Waals surface area contributed by atoms with Crippen molar-refractivity contribution >= 4 is 47.6 Å². The van der Waals surface area contributed by atoms with E-state index in [1.807, 2.05) is 6.92 Å². The van der Waals surface area contributed by atoms with E-state index in [9.17, 15) is 43.5 Å². The molecule has 58 heavy (non-hydrogen) atoms. The summed E-state index contributed by atoms with van der Waals surface area (Å²) in [7, 11) is 0. The monoisotopic (exact) mass is 805 g/mol. The Morgan fingerprint density at radius 2 is 1.43 bits per heavy atom. The molecule has 3 unspecified atom stereocenters. The molecule has 2 aromatic rings. The minimum absolute atomic E-state index is 0.125. The molecule has 7 atom stereocenters. The fraction of sp³-hybridized carbons (Fsp3) is 0.512. The maximum atomic E-state index is 13.9. The quantitative estimate of drug-likeness (QED) is 0.143. The average molecular weight is 806 g/mol. The van der Waals surface area contributed by atoms with Crippen molar-refractivity contribution in [2.24, 2.45) is 5.92 Å². The summed E-state index contributed by atoms with van der Waals surface area (Å²) in [4.78, 5) is 109. The number of esters is 2. The first-order valence-electron chi connectivity index (χ1n) is 19.6. The molecule has 3 fully saturated rings. The molecule has 3 aliphatic heterocycles. The van der Waals surface area contributed by atoms with Crippen LogP contribution >= 0.6 is 0 Å². The number of Topliss-reactive ketones (excluding diaryl/α,β-unsaturated/α-hetero) is 1. The number of benzene rings is 2. The van der Waals surface area contributed by atoms with Crippen LogP contribution in [0.15, 0.2) is 60.7 Å². The Morgan fingerprint density at radius 3 is 2.12 bits per heavy atom. The lowest BCUT2D eigenvalue weighted by Gasteiger charge is -2.38. The summed E-state index contributed by atoms with van der Waals surface area (Å²) >= 11 is 0. The van der Waals surface area contributed by atoms with Crippen LogP contribution in [0.3, 0.4) is 0 Å². The molecule has 3 heterocycles. The lowest BCUT2D eigenvalue weighted by molar-refractivity contribution is -0.163. The highest BCUT2D eigenvalue weighted by Gasteiger charge is 2.44. The summed E-state index contributed by atoms with van der Waals surface area (Å²) in [6.07, 6.45) is -0.823. The molecule has 17 heteroatoms. The lowest BCUT2D eigenvalue weighted by atomic mass is 9.99. The zero-order valence-electron chi connectivity index (χ0n) is 32.9. The predicted molar refractivity (Wildman–Crippen MR) is 205 cm³/mol. The van der Waals surface area contributed by atoms with Crippen molar-refractivity contribution in [1.29, 1.82) is 0 Å². The normalized spacial score (nSPS) is 21.9. The molecule has 3 saturated heterocycles. The Bertz CT molecular complexity index is 1830. The number of hydrogen-bond acceptors (Lipinski definition) is 11. The predicted octanol–water partition coefficient (Wildman–Crippen LogP) is 2.90. The number of carbonyl (C=O) groups is 8. The van der Waals surface area contributed by atoms with Gasteiger partial charge in [-0.2, -0.15) is 0 Å². The summed E-state index contributed by atoms with van der Waals surface area (Å²) in [5, 5.41) is 14.7. The molecule has 3 aliphatic rings. The number of ether oxygens (including phenoxy) is 3. The van der Waals surface area contributed by atoms with Crippen LogP contribution in [0.2, 0.25) is 0 Å². The molecule has 0 radical (unpaired) electrons. The molecule has 2 aromatic carbocycles. The minimum Gasteiger partial charge on any atom is -0.465 e. The summed E-state index contributed by atoms with van der Waals surface area (Å²) in [5.41, 5.74) is 0.976. The highest BCUT2D eigenvalue weighted by Crippen LogP contribution is 2.27. The summed E-state index contributed by atoms with van der Waals surface area (Å²) < 4.78 is 16.3. The van der Waals surface area contributed by atoms with Gasteiger partial charge in [-0.25, -0.2) is 19.2 Å². The van der Waals surface area contributed by atoms with Crippen LogP contribution in [-0.4, -0.2) is 130 Å². The summed E-state index contributed by atoms with van der Waals surface area (Å²) in [5.74, 6) is -4.16. The van der Waals surface area contributed by atoms with E-state index in [0.717, 1.165) is 4.90 Å². The maximum Gasteiger partial charge on any atom is 0.408 e. The number of likely N-dealkylation sites (tertiary alicyclic amines) is 3. The van der Waals surface area contributed by atoms with Crippen molar-refractivity contribution in [2.75, 3.05) is 26.2 Å². The molecule has 312 valence electrons. The van der Waals surface area contributed by atoms with Crippen LogP contribution in [0.1, 0.15) is 75.2 Å². The fourth-order valence-electron chi connectivity index (χ4n) is 7.57. The number of piperidine rings is 1. The number of amides is 5. The van der Waals surface area contributed by atoms with Gasteiger partial charge in [0, 0.05) is 25.2 Å². The third kappa shape index (κ3) is 10.9. The molecular formula is C41H51N5O12. The van der Waals surface area contributed by atoms with E-state index in [0.29, 0.717) is 43.2 Å². The molecular weight excluding hydrogens is 754 g/mol. The molecule has 3 N–H and O–H groups in total. The SMILES string of the molecule is CC(NC(=O)[C@@H]1CCCCN1C(=O)[C@@H]1CCCN1C(=O)O)C(=O)N1C[C@@H](C)C[C@H]1C(=O)OC(C)C(NC(=O)OCc1ccccc1)C(=O)OCC(=O)c1ccccc1. The molecule has 0 aliphatic carbocycles. The standard InChI is InChI=1S/C41H51N5O12/c1-25-21-32(46(22-25)36(49)26(2)42-35(48)30-17-10-11-19-44(30)37(50)31-18-12-20-45(31)41(54)55)38(51)58-27(3)34(43-40(53)57-23-28-13-6-4-7-14-28)39(52)56-24-33(47)29-15-8-5-9-16-29/h4-9,13-16,25-27,30-32,34H,10-12,17-24H2,1-3H3,(H,42,48)(H,43,53)(H,54,55)/t25-,26?,27?,30-,31-,32-,34?/m0/s1.